The van der Waals surface area contributed by atoms with Gasteiger partial charge in [-0.3, -0.25) is 19.2 Å². The largest absolute Gasteiger partial charge is 0.463 e. The average molecular weight is 671 g/mol. The van der Waals surface area contributed by atoms with E-state index in [1.54, 1.807) is 7.05 Å². The minimum Gasteiger partial charge on any atom is -0.463 e. The molecule has 1 fully saturated rings. The van der Waals surface area contributed by atoms with Gasteiger partial charge >= 0.3 is 24.0 Å². The van der Waals surface area contributed by atoms with Crippen molar-refractivity contribution in [3.8, 4) is 0 Å². The zero-order valence-electron chi connectivity index (χ0n) is 27.5. The highest BCUT2D eigenvalue weighted by Gasteiger charge is 2.51. The Hall–Kier alpha value is -3.83. The normalized spacial score (nSPS) is 20.5. The van der Waals surface area contributed by atoms with Crippen LogP contribution in [0.25, 0.3) is 0 Å². The first-order valence-electron chi connectivity index (χ1n) is 15.1. The third-order valence-electron chi connectivity index (χ3n) is 6.41. The van der Waals surface area contributed by atoms with Crippen molar-refractivity contribution in [2.24, 2.45) is 0 Å². The first kappa shape index (κ1) is 39.3. The number of amides is 2. The lowest BCUT2D eigenvalue weighted by Gasteiger charge is -2.44. The number of ether oxygens (including phenoxy) is 9. The summed E-state index contributed by atoms with van der Waals surface area (Å²) in [6, 6.07) is 8.35. The van der Waals surface area contributed by atoms with Gasteiger partial charge in [-0.25, -0.2) is 4.79 Å². The molecular formula is C31H46N2O14. The van der Waals surface area contributed by atoms with Gasteiger partial charge in [0, 0.05) is 41.3 Å². The lowest BCUT2D eigenvalue weighted by Crippen LogP contribution is -2.66. The van der Waals surface area contributed by atoms with Gasteiger partial charge in [0.25, 0.3) is 0 Å². The van der Waals surface area contributed by atoms with Crippen molar-refractivity contribution < 1.29 is 66.6 Å². The number of nitrogens with zero attached hydrogens (tertiary/aromatic N) is 1. The first-order chi connectivity index (χ1) is 22.5. The zero-order valence-corrected chi connectivity index (χ0v) is 27.5. The predicted octanol–water partition coefficient (Wildman–Crippen LogP) is 0.978. The Balaban J connectivity index is 1.69. The minimum absolute atomic E-state index is 0.0104. The summed E-state index contributed by atoms with van der Waals surface area (Å²) in [6.07, 6.45) is -5.07. The second-order valence-corrected chi connectivity index (χ2v) is 10.4. The molecule has 47 heavy (non-hydrogen) atoms. The third-order valence-corrected chi connectivity index (χ3v) is 6.41. The van der Waals surface area contributed by atoms with Crippen LogP contribution in [0.3, 0.4) is 0 Å². The van der Waals surface area contributed by atoms with Crippen LogP contribution in [-0.4, -0.2) is 132 Å². The second kappa shape index (κ2) is 21.9. The Morgan fingerprint density at radius 1 is 0.745 bits per heavy atom. The fraction of sp³-hybridized carbons (Fsp3) is 0.645. The molecule has 1 aliphatic rings. The molecule has 5 atom stereocenters. The minimum atomic E-state index is -1.20. The topological polar surface area (TPSA) is 184 Å². The zero-order chi connectivity index (χ0) is 34.6. The van der Waals surface area contributed by atoms with Crippen molar-refractivity contribution in [2.45, 2.75) is 64.9 Å². The van der Waals surface area contributed by atoms with Crippen LogP contribution in [-0.2, 0) is 68.4 Å². The number of carbonyl (C=O) groups excluding carboxylic acids is 5. The molecule has 0 saturated carbocycles. The van der Waals surface area contributed by atoms with Crippen molar-refractivity contribution in [2.75, 3.05) is 66.4 Å². The summed E-state index contributed by atoms with van der Waals surface area (Å²) in [6.45, 7) is 6.64. The van der Waals surface area contributed by atoms with Crippen molar-refractivity contribution in [1.29, 1.82) is 0 Å². The third kappa shape index (κ3) is 16.0. The molecule has 0 bridgehead atoms. The van der Waals surface area contributed by atoms with E-state index in [9.17, 15) is 24.0 Å². The Morgan fingerprint density at radius 3 is 1.89 bits per heavy atom. The summed E-state index contributed by atoms with van der Waals surface area (Å²) < 4.78 is 49.4. The molecule has 1 unspecified atom stereocenters. The monoisotopic (exact) mass is 670 g/mol. The van der Waals surface area contributed by atoms with E-state index in [0.29, 0.717) is 26.4 Å². The molecule has 1 aliphatic heterocycles. The molecule has 0 aromatic heterocycles. The predicted molar refractivity (Wildman–Crippen MR) is 162 cm³/mol. The molecule has 2 rings (SSSR count). The summed E-state index contributed by atoms with van der Waals surface area (Å²) in [4.78, 5) is 60.7. The van der Waals surface area contributed by atoms with Gasteiger partial charge in [-0.2, -0.15) is 0 Å². The number of hydrogen-bond acceptors (Lipinski definition) is 14. The molecule has 1 saturated heterocycles. The molecule has 0 spiro atoms. The highest BCUT2D eigenvalue weighted by atomic mass is 16.7. The molecular weight excluding hydrogens is 624 g/mol. The summed E-state index contributed by atoms with van der Waals surface area (Å²) in [7, 11) is 1.63. The van der Waals surface area contributed by atoms with Crippen LogP contribution in [0.4, 0.5) is 4.79 Å². The van der Waals surface area contributed by atoms with Gasteiger partial charge in [-0.1, -0.05) is 30.3 Å². The van der Waals surface area contributed by atoms with Gasteiger partial charge < -0.3 is 52.8 Å². The first-order valence-corrected chi connectivity index (χ1v) is 15.1. The number of carbonyl (C=O) groups is 5. The van der Waals surface area contributed by atoms with E-state index >= 15 is 0 Å². The number of rotatable bonds is 20. The lowest BCUT2D eigenvalue weighted by atomic mass is 9.96. The van der Waals surface area contributed by atoms with E-state index < -0.39 is 60.6 Å². The number of esters is 3. The van der Waals surface area contributed by atoms with Gasteiger partial charge in [-0.15, -0.1) is 0 Å². The van der Waals surface area contributed by atoms with E-state index in [-0.39, 0.29) is 39.6 Å². The summed E-state index contributed by atoms with van der Waals surface area (Å²) in [5.74, 6) is -2.48. The molecule has 16 heteroatoms. The Morgan fingerprint density at radius 2 is 1.32 bits per heavy atom. The van der Waals surface area contributed by atoms with E-state index in [1.165, 1.54) is 18.7 Å². The lowest BCUT2D eigenvalue weighted by molar-refractivity contribution is -0.279. The van der Waals surface area contributed by atoms with E-state index in [4.69, 9.17) is 42.6 Å². The van der Waals surface area contributed by atoms with E-state index in [1.807, 2.05) is 30.3 Å². The van der Waals surface area contributed by atoms with Crippen LogP contribution >= 0.6 is 0 Å². The van der Waals surface area contributed by atoms with Crippen molar-refractivity contribution in [3.05, 3.63) is 35.9 Å². The summed E-state index contributed by atoms with van der Waals surface area (Å²) in [5.41, 5.74) is 0.907. The maximum Gasteiger partial charge on any atom is 0.409 e. The second-order valence-electron chi connectivity index (χ2n) is 10.4. The molecule has 16 nitrogen and oxygen atoms in total. The standard InChI is InChI=1S/C31H46N2O14/c1-21(34)32-27-29(46-24(4)37)28(45-23(3)36)26(20-43-22(2)35)47-30(27)42-18-17-41-16-15-40-14-13-39-12-11-33(5)31(38)44-19-25-9-7-6-8-10-25/h6-10,26-30H,11-20H2,1-5H3,(H,32,34)/t26-,27-,28+,29-,30?/m1/s1. The van der Waals surface area contributed by atoms with Crippen LogP contribution < -0.4 is 5.32 Å². The molecule has 264 valence electrons. The summed E-state index contributed by atoms with van der Waals surface area (Å²) >= 11 is 0. The molecule has 0 aliphatic carbocycles. The van der Waals surface area contributed by atoms with Gasteiger partial charge in [-0.05, 0) is 5.56 Å². The highest BCUT2D eigenvalue weighted by molar-refractivity contribution is 5.73. The van der Waals surface area contributed by atoms with Crippen molar-refractivity contribution in [3.63, 3.8) is 0 Å². The number of likely N-dealkylation sites (N-methyl/N-ethyl adjacent to an activating group) is 1. The van der Waals surface area contributed by atoms with Gasteiger partial charge in [0.2, 0.25) is 5.91 Å². The Kier molecular flexibility index (Phi) is 18.3. The maximum absolute atomic E-state index is 12.1. The van der Waals surface area contributed by atoms with Crippen LogP contribution in [0, 0.1) is 0 Å². The van der Waals surface area contributed by atoms with Crippen LogP contribution in [0.1, 0.15) is 33.3 Å². The number of nitrogens with one attached hydrogen (secondary N) is 1. The molecule has 1 N–H and O–H groups in total. The quantitative estimate of drug-likeness (QED) is 0.118. The van der Waals surface area contributed by atoms with Gasteiger partial charge in [0.05, 0.1) is 46.2 Å². The van der Waals surface area contributed by atoms with Crippen molar-refractivity contribution >= 4 is 29.9 Å². The number of benzene rings is 1. The average Bonchev–Trinajstić information content (AvgIpc) is 3.01. The molecule has 1 aromatic rings. The SMILES string of the molecule is CC(=O)N[C@H]1C(OCCOCCOCCOCCN(C)C(=O)OCc2ccccc2)O[C@H](COC(C)=O)[C@H](OC(C)=O)[C@@H]1OC(C)=O. The van der Waals surface area contributed by atoms with Crippen molar-refractivity contribution in [1.82, 2.24) is 10.2 Å². The van der Waals surface area contributed by atoms with Gasteiger partial charge in [0.15, 0.2) is 18.5 Å². The van der Waals surface area contributed by atoms with Crippen LogP contribution in [0.2, 0.25) is 0 Å². The highest BCUT2D eigenvalue weighted by Crippen LogP contribution is 2.28. The summed E-state index contributed by atoms with van der Waals surface area (Å²) in [5, 5.41) is 2.63. The number of hydrogen-bond donors (Lipinski definition) is 1. The smallest absolute Gasteiger partial charge is 0.409 e. The fourth-order valence-electron chi connectivity index (χ4n) is 4.32. The van der Waals surface area contributed by atoms with Gasteiger partial charge in [0.1, 0.15) is 25.4 Å². The van der Waals surface area contributed by atoms with Crippen LogP contribution in [0.15, 0.2) is 30.3 Å². The van der Waals surface area contributed by atoms with E-state index in [0.717, 1.165) is 19.4 Å². The Labute approximate surface area is 274 Å². The fourth-order valence-corrected chi connectivity index (χ4v) is 4.32. The molecule has 1 heterocycles. The molecule has 1 aromatic carbocycles. The van der Waals surface area contributed by atoms with E-state index in [2.05, 4.69) is 5.32 Å². The molecule has 2 amide bonds. The van der Waals surface area contributed by atoms with Crippen LogP contribution in [0.5, 0.6) is 0 Å². The molecule has 0 radical (unpaired) electrons. The Bertz CT molecular complexity index is 1120. The maximum atomic E-state index is 12.1.